The maximum Gasteiger partial charge on any atom is 0.294 e. The number of likely N-dealkylation sites (tertiary alicyclic amines) is 1. The summed E-state index contributed by atoms with van der Waals surface area (Å²) in [6.07, 6.45) is 3.00. The van der Waals surface area contributed by atoms with Crippen LogP contribution in [0.5, 0.6) is 5.75 Å². The molecule has 3 N–H and O–H groups in total. The molecule has 188 valence electrons. The molecule has 1 aliphatic rings. The molecule has 2 atom stereocenters. The predicted molar refractivity (Wildman–Crippen MR) is 138 cm³/mol. The van der Waals surface area contributed by atoms with Gasteiger partial charge in [-0.2, -0.15) is 8.42 Å². The van der Waals surface area contributed by atoms with Gasteiger partial charge in [-0.25, -0.2) is 0 Å². The minimum atomic E-state index is -4.02. The van der Waals surface area contributed by atoms with Gasteiger partial charge >= 0.3 is 0 Å². The van der Waals surface area contributed by atoms with Crippen LogP contribution >= 0.6 is 0 Å². The summed E-state index contributed by atoms with van der Waals surface area (Å²) in [4.78, 5) is 2.32. The first-order valence-electron chi connectivity index (χ1n) is 11.9. The summed E-state index contributed by atoms with van der Waals surface area (Å²) in [5.74, 6) is 0.974. The van der Waals surface area contributed by atoms with Gasteiger partial charge in [0.2, 0.25) is 0 Å². The van der Waals surface area contributed by atoms with Crippen LogP contribution in [0, 0.1) is 12.8 Å². The van der Waals surface area contributed by atoms with Crippen molar-refractivity contribution in [2.45, 2.75) is 50.2 Å². The summed E-state index contributed by atoms with van der Waals surface area (Å²) in [5.41, 5.74) is 3.25. The molecule has 0 bridgehead atoms. The van der Waals surface area contributed by atoms with Gasteiger partial charge in [0.15, 0.2) is 0 Å². The van der Waals surface area contributed by atoms with Crippen LogP contribution in [0.3, 0.4) is 0 Å². The molecule has 3 aromatic carbocycles. The number of benzene rings is 3. The van der Waals surface area contributed by atoms with Crippen molar-refractivity contribution in [2.75, 3.05) is 13.1 Å². The monoisotopic (exact) mass is 497 g/mol. The number of nitrogens with zero attached hydrogens (tertiary/aromatic N) is 1. The normalized spacial score (nSPS) is 16.7. The second-order valence-corrected chi connectivity index (χ2v) is 10.7. The highest BCUT2D eigenvalue weighted by molar-refractivity contribution is 7.85. The van der Waals surface area contributed by atoms with Gasteiger partial charge in [0.25, 0.3) is 10.1 Å². The molecule has 0 aromatic heterocycles. The van der Waals surface area contributed by atoms with Crippen LogP contribution in [0.2, 0.25) is 0 Å². The van der Waals surface area contributed by atoms with E-state index in [1.54, 1.807) is 36.4 Å². The number of rotatable bonds is 6. The second-order valence-electron chi connectivity index (χ2n) is 9.23. The van der Waals surface area contributed by atoms with Gasteiger partial charge in [0.1, 0.15) is 5.75 Å². The topological polar surface area (TPSA) is 98.1 Å². The highest BCUT2D eigenvalue weighted by Crippen LogP contribution is 2.28. The SMILES string of the molecule is CC(C(O)c1ccc(O)cc1)N1CCC(Cc2ccccc2)CC1.Cc1ccc(S(=O)(=O)O)cc1. The Morgan fingerprint density at radius 1 is 0.914 bits per heavy atom. The van der Waals surface area contributed by atoms with E-state index in [1.807, 2.05) is 6.92 Å². The van der Waals surface area contributed by atoms with Crippen molar-refractivity contribution in [2.24, 2.45) is 5.92 Å². The molecule has 35 heavy (non-hydrogen) atoms. The molecule has 0 saturated carbocycles. The van der Waals surface area contributed by atoms with E-state index >= 15 is 0 Å². The minimum absolute atomic E-state index is 0.0666. The molecule has 7 heteroatoms. The Morgan fingerprint density at radius 2 is 1.49 bits per heavy atom. The molecule has 4 rings (SSSR count). The lowest BCUT2D eigenvalue weighted by atomic mass is 9.89. The maximum absolute atomic E-state index is 10.6. The molecule has 1 aliphatic heterocycles. The third-order valence-corrected chi connectivity index (χ3v) is 7.47. The third-order valence-electron chi connectivity index (χ3n) is 6.60. The smallest absolute Gasteiger partial charge is 0.294 e. The Kier molecular flexibility index (Phi) is 9.46. The van der Waals surface area contributed by atoms with E-state index in [4.69, 9.17) is 4.55 Å². The summed E-state index contributed by atoms with van der Waals surface area (Å²) in [6.45, 7) is 6.00. The van der Waals surface area contributed by atoms with Crippen LogP contribution in [0.15, 0.2) is 83.8 Å². The first-order chi connectivity index (χ1) is 16.6. The fourth-order valence-corrected chi connectivity index (χ4v) is 4.85. The van der Waals surface area contributed by atoms with Crippen molar-refractivity contribution >= 4 is 10.1 Å². The highest BCUT2D eigenvalue weighted by atomic mass is 32.2. The molecule has 1 saturated heterocycles. The molecule has 0 amide bonds. The zero-order valence-electron chi connectivity index (χ0n) is 20.3. The minimum Gasteiger partial charge on any atom is -0.508 e. The van der Waals surface area contributed by atoms with E-state index in [9.17, 15) is 18.6 Å². The standard InChI is InChI=1S/C21H27NO2.C7H8O3S/c1-16(21(24)19-7-9-20(23)10-8-19)22-13-11-18(12-14-22)15-17-5-3-2-4-6-17;1-6-2-4-7(5-3-6)11(8,9)10/h2-10,16,18,21,23-24H,11-15H2,1H3;2-5H,1H3,(H,8,9,10). The zero-order valence-corrected chi connectivity index (χ0v) is 21.1. The fourth-order valence-electron chi connectivity index (χ4n) is 4.37. The van der Waals surface area contributed by atoms with E-state index in [0.717, 1.165) is 36.6 Å². The number of hydrogen-bond donors (Lipinski definition) is 3. The van der Waals surface area contributed by atoms with Crippen molar-refractivity contribution in [1.82, 2.24) is 4.90 Å². The van der Waals surface area contributed by atoms with Crippen LogP contribution < -0.4 is 0 Å². The molecule has 0 radical (unpaired) electrons. The quantitative estimate of drug-likeness (QED) is 0.414. The van der Waals surface area contributed by atoms with Gasteiger partial charge in [-0.3, -0.25) is 9.45 Å². The number of piperidine rings is 1. The number of aryl methyl sites for hydroxylation is 1. The molecule has 0 spiro atoms. The molecule has 1 fully saturated rings. The lowest BCUT2D eigenvalue weighted by Crippen LogP contribution is -2.43. The Morgan fingerprint density at radius 3 is 2.03 bits per heavy atom. The molecule has 6 nitrogen and oxygen atoms in total. The average Bonchev–Trinajstić information content (AvgIpc) is 2.85. The van der Waals surface area contributed by atoms with Gasteiger partial charge in [0, 0.05) is 6.04 Å². The Balaban J connectivity index is 0.000000261. The van der Waals surface area contributed by atoms with Crippen LogP contribution in [0.4, 0.5) is 0 Å². The fraction of sp³-hybridized carbons (Fsp3) is 0.357. The van der Waals surface area contributed by atoms with Gasteiger partial charge in [0.05, 0.1) is 11.0 Å². The molecular weight excluding hydrogens is 462 g/mol. The van der Waals surface area contributed by atoms with E-state index in [-0.39, 0.29) is 16.7 Å². The number of aromatic hydroxyl groups is 1. The lowest BCUT2D eigenvalue weighted by molar-refractivity contribution is 0.0373. The van der Waals surface area contributed by atoms with Gasteiger partial charge in [-0.05, 0) is 87.5 Å². The Hall–Kier alpha value is -2.71. The summed E-state index contributed by atoms with van der Waals surface area (Å²) >= 11 is 0. The number of phenolic OH excluding ortho intramolecular Hbond substituents is 1. The number of aliphatic hydroxyl groups is 1. The van der Waals surface area contributed by atoms with Crippen LogP contribution in [0.1, 0.15) is 42.6 Å². The van der Waals surface area contributed by atoms with Gasteiger partial charge < -0.3 is 10.2 Å². The third kappa shape index (κ3) is 8.18. The van der Waals surface area contributed by atoms with E-state index in [2.05, 4.69) is 42.2 Å². The van der Waals surface area contributed by atoms with Gasteiger partial charge in [-0.15, -0.1) is 0 Å². The highest BCUT2D eigenvalue weighted by Gasteiger charge is 2.27. The van der Waals surface area contributed by atoms with Gasteiger partial charge in [-0.1, -0.05) is 60.2 Å². The summed E-state index contributed by atoms with van der Waals surface area (Å²) in [5, 5.41) is 20.0. The predicted octanol–water partition coefficient (Wildman–Crippen LogP) is 5.01. The van der Waals surface area contributed by atoms with Crippen molar-refractivity contribution in [3.8, 4) is 5.75 Å². The van der Waals surface area contributed by atoms with Crippen LogP contribution in [0.25, 0.3) is 0 Å². The van der Waals surface area contributed by atoms with E-state index < -0.39 is 16.2 Å². The van der Waals surface area contributed by atoms with Crippen molar-refractivity contribution in [3.63, 3.8) is 0 Å². The van der Waals surface area contributed by atoms with Crippen LogP contribution in [-0.4, -0.2) is 47.2 Å². The van der Waals surface area contributed by atoms with Crippen molar-refractivity contribution in [1.29, 1.82) is 0 Å². The summed E-state index contributed by atoms with van der Waals surface area (Å²) in [6, 6.07) is 23.7. The number of aliphatic hydroxyl groups excluding tert-OH is 1. The molecule has 2 unspecified atom stereocenters. The Bertz CT molecular complexity index is 1140. The first kappa shape index (κ1) is 26.9. The largest absolute Gasteiger partial charge is 0.508 e. The summed E-state index contributed by atoms with van der Waals surface area (Å²) < 4.78 is 29.6. The average molecular weight is 498 g/mol. The van der Waals surface area contributed by atoms with Crippen LogP contribution in [-0.2, 0) is 16.5 Å². The second kappa shape index (κ2) is 12.3. The number of hydrogen-bond acceptors (Lipinski definition) is 5. The number of phenols is 1. The lowest BCUT2D eigenvalue weighted by Gasteiger charge is -2.38. The maximum atomic E-state index is 10.6. The summed E-state index contributed by atoms with van der Waals surface area (Å²) in [7, 11) is -4.02. The van der Waals surface area contributed by atoms with E-state index in [0.29, 0.717) is 0 Å². The van der Waals surface area contributed by atoms with Crippen molar-refractivity contribution in [3.05, 3.63) is 95.6 Å². The molecular formula is C28H35NO5S. The molecule has 3 aromatic rings. The molecule has 0 aliphatic carbocycles. The Labute approximate surface area is 208 Å². The zero-order chi connectivity index (χ0) is 25.4. The van der Waals surface area contributed by atoms with E-state index in [1.165, 1.54) is 30.5 Å². The first-order valence-corrected chi connectivity index (χ1v) is 13.4. The van der Waals surface area contributed by atoms with Crippen molar-refractivity contribution < 1.29 is 23.2 Å². The molecule has 1 heterocycles.